The van der Waals surface area contributed by atoms with Gasteiger partial charge >= 0.3 is 6.18 Å². The second-order valence-electron chi connectivity index (χ2n) is 8.43. The Morgan fingerprint density at radius 1 is 0.667 bits per heavy atom. The molecule has 0 spiro atoms. The number of alkyl halides is 3. The van der Waals surface area contributed by atoms with E-state index in [0.29, 0.717) is 28.3 Å². The summed E-state index contributed by atoms with van der Waals surface area (Å²) < 4.78 is 45.7. The summed E-state index contributed by atoms with van der Waals surface area (Å²) in [5, 5.41) is 1.92. The smallest absolute Gasteiger partial charge is 0.416 e. The first-order valence-corrected chi connectivity index (χ1v) is 11.3. The number of hydrogen-bond donors (Lipinski definition) is 1. The lowest BCUT2D eigenvalue weighted by Gasteiger charge is -2.16. The van der Waals surface area contributed by atoms with Crippen LogP contribution < -0.4 is 10.5 Å². The van der Waals surface area contributed by atoms with Crippen LogP contribution in [0.15, 0.2) is 116 Å². The van der Waals surface area contributed by atoms with E-state index in [1.54, 1.807) is 18.2 Å². The first-order valence-electron chi connectivity index (χ1n) is 11.3. The summed E-state index contributed by atoms with van der Waals surface area (Å²) in [5.74, 6) is 0.998. The maximum absolute atomic E-state index is 13.2. The predicted octanol–water partition coefficient (Wildman–Crippen LogP) is 8.82. The van der Waals surface area contributed by atoms with Gasteiger partial charge in [0.25, 0.3) is 0 Å². The first kappa shape index (κ1) is 23.2. The molecule has 5 aromatic rings. The van der Waals surface area contributed by atoms with Crippen LogP contribution in [0.3, 0.4) is 0 Å². The maximum Gasteiger partial charge on any atom is 0.416 e. The molecule has 5 heteroatoms. The number of nitrogen functional groups attached to an aromatic ring is 1. The Labute approximate surface area is 207 Å². The van der Waals surface area contributed by atoms with E-state index < -0.39 is 11.7 Å². The van der Waals surface area contributed by atoms with Crippen molar-refractivity contribution < 1.29 is 17.9 Å². The number of fused-ring (bicyclic) bond motifs is 1. The quantitative estimate of drug-likeness (QED) is 0.201. The summed E-state index contributed by atoms with van der Waals surface area (Å²) in [4.78, 5) is 0. The molecule has 0 radical (unpaired) electrons. The summed E-state index contributed by atoms with van der Waals surface area (Å²) in [7, 11) is 0. The third kappa shape index (κ3) is 4.56. The van der Waals surface area contributed by atoms with E-state index in [0.717, 1.165) is 33.5 Å². The minimum Gasteiger partial charge on any atom is -0.455 e. The second-order valence-corrected chi connectivity index (χ2v) is 8.43. The third-order valence-corrected chi connectivity index (χ3v) is 6.07. The molecule has 0 bridgehead atoms. The lowest BCUT2D eigenvalue weighted by molar-refractivity contribution is -0.137. The van der Waals surface area contributed by atoms with Crippen LogP contribution in [0, 0.1) is 0 Å². The molecule has 5 rings (SSSR count). The van der Waals surface area contributed by atoms with Crippen LogP contribution in [-0.4, -0.2) is 0 Å². The van der Waals surface area contributed by atoms with Crippen molar-refractivity contribution in [2.45, 2.75) is 6.18 Å². The van der Waals surface area contributed by atoms with Gasteiger partial charge in [-0.2, -0.15) is 13.2 Å². The summed E-state index contributed by atoms with van der Waals surface area (Å²) in [6.45, 7) is 4.13. The average Bonchev–Trinajstić information content (AvgIpc) is 2.89. The summed E-state index contributed by atoms with van der Waals surface area (Å²) in [6.07, 6.45) is -4.39. The van der Waals surface area contributed by atoms with E-state index in [2.05, 4.69) is 6.58 Å². The molecule has 0 heterocycles. The molecule has 0 aliphatic carbocycles. The topological polar surface area (TPSA) is 35.2 Å². The van der Waals surface area contributed by atoms with Gasteiger partial charge in [0.15, 0.2) is 0 Å². The number of halogens is 3. The van der Waals surface area contributed by atoms with E-state index in [1.807, 2.05) is 72.8 Å². The molecule has 2 nitrogen and oxygen atoms in total. The normalized spacial score (nSPS) is 11.4. The van der Waals surface area contributed by atoms with Gasteiger partial charge in [0.05, 0.1) is 11.3 Å². The van der Waals surface area contributed by atoms with Crippen LogP contribution in [0.4, 0.5) is 18.9 Å². The van der Waals surface area contributed by atoms with Gasteiger partial charge in [-0.3, -0.25) is 0 Å². The van der Waals surface area contributed by atoms with Crippen molar-refractivity contribution in [3.8, 4) is 28.0 Å². The zero-order valence-corrected chi connectivity index (χ0v) is 19.2. The molecule has 0 aliphatic heterocycles. The summed E-state index contributed by atoms with van der Waals surface area (Å²) in [6, 6.07) is 32.0. The number of nitrogens with two attached hydrogens (primary N) is 1. The molecule has 178 valence electrons. The van der Waals surface area contributed by atoms with Gasteiger partial charge in [0.2, 0.25) is 0 Å². The van der Waals surface area contributed by atoms with Crippen molar-refractivity contribution in [1.82, 2.24) is 0 Å². The number of ether oxygens (including phenoxy) is 1. The summed E-state index contributed by atoms with van der Waals surface area (Å²) in [5.41, 5.74) is 9.77. The van der Waals surface area contributed by atoms with Crippen LogP contribution in [0.5, 0.6) is 5.75 Å². The van der Waals surface area contributed by atoms with Crippen LogP contribution in [0.2, 0.25) is 0 Å². The Morgan fingerprint density at radius 2 is 1.31 bits per heavy atom. The van der Waals surface area contributed by atoms with Gasteiger partial charge in [0, 0.05) is 5.56 Å². The Hall–Kier alpha value is -4.51. The van der Waals surface area contributed by atoms with E-state index in [1.165, 1.54) is 12.1 Å². The molecule has 0 fully saturated rings. The highest BCUT2D eigenvalue weighted by Gasteiger charge is 2.30. The van der Waals surface area contributed by atoms with E-state index in [4.69, 9.17) is 10.5 Å². The van der Waals surface area contributed by atoms with Crippen LogP contribution in [0.1, 0.15) is 11.1 Å². The average molecular weight is 482 g/mol. The number of hydrogen-bond acceptors (Lipinski definition) is 2. The molecule has 0 atom stereocenters. The molecular formula is C31H22F3NO. The molecule has 0 aliphatic rings. The Morgan fingerprint density at radius 3 is 2.06 bits per heavy atom. The molecule has 0 saturated carbocycles. The van der Waals surface area contributed by atoms with Gasteiger partial charge in [-0.05, 0) is 69.4 Å². The van der Waals surface area contributed by atoms with Gasteiger partial charge < -0.3 is 10.5 Å². The predicted molar refractivity (Wildman–Crippen MR) is 140 cm³/mol. The number of para-hydroxylation sites is 2. The van der Waals surface area contributed by atoms with Crippen LogP contribution in [-0.2, 0) is 6.18 Å². The highest BCUT2D eigenvalue weighted by molar-refractivity contribution is 6.02. The monoisotopic (exact) mass is 481 g/mol. The van der Waals surface area contributed by atoms with E-state index in [-0.39, 0.29) is 0 Å². The second kappa shape index (κ2) is 9.27. The fourth-order valence-corrected chi connectivity index (χ4v) is 4.30. The van der Waals surface area contributed by atoms with E-state index >= 15 is 0 Å². The first-order chi connectivity index (χ1) is 17.3. The van der Waals surface area contributed by atoms with Gasteiger partial charge in [0.1, 0.15) is 11.5 Å². The van der Waals surface area contributed by atoms with Crippen LogP contribution >= 0.6 is 0 Å². The minimum absolute atomic E-state index is 0.466. The van der Waals surface area contributed by atoms with Gasteiger partial charge in [-0.1, -0.05) is 79.4 Å². The van der Waals surface area contributed by atoms with Gasteiger partial charge in [-0.25, -0.2) is 0 Å². The van der Waals surface area contributed by atoms with Crippen molar-refractivity contribution in [3.05, 3.63) is 127 Å². The van der Waals surface area contributed by atoms with Crippen LogP contribution in [0.25, 0.3) is 38.8 Å². The molecular weight excluding hydrogens is 459 g/mol. The Bertz CT molecular complexity index is 1590. The zero-order valence-electron chi connectivity index (χ0n) is 19.2. The largest absolute Gasteiger partial charge is 0.455 e. The SMILES string of the molecule is C=C(Oc1ccccc1N)c1ccc(-c2cccc(-c3cccc(C(F)(F)F)c3)c2)c2ccccc12. The number of benzene rings is 5. The molecule has 0 aromatic heterocycles. The highest BCUT2D eigenvalue weighted by Crippen LogP contribution is 2.37. The highest BCUT2D eigenvalue weighted by atomic mass is 19.4. The molecule has 0 unspecified atom stereocenters. The third-order valence-electron chi connectivity index (χ3n) is 6.07. The van der Waals surface area contributed by atoms with Crippen molar-refractivity contribution in [3.63, 3.8) is 0 Å². The van der Waals surface area contributed by atoms with Crippen molar-refractivity contribution >= 4 is 22.2 Å². The van der Waals surface area contributed by atoms with Crippen molar-refractivity contribution in [2.75, 3.05) is 5.73 Å². The fourth-order valence-electron chi connectivity index (χ4n) is 4.30. The molecule has 0 amide bonds. The molecule has 36 heavy (non-hydrogen) atoms. The molecule has 0 saturated heterocycles. The summed E-state index contributed by atoms with van der Waals surface area (Å²) >= 11 is 0. The Balaban J connectivity index is 1.55. The zero-order chi connectivity index (χ0) is 25.3. The lowest BCUT2D eigenvalue weighted by Crippen LogP contribution is -2.04. The lowest BCUT2D eigenvalue weighted by atomic mass is 9.92. The molecule has 2 N–H and O–H groups in total. The Kier molecular flexibility index (Phi) is 5.98. The number of rotatable bonds is 5. The molecule has 5 aromatic carbocycles. The maximum atomic E-state index is 13.2. The van der Waals surface area contributed by atoms with E-state index in [9.17, 15) is 13.2 Å². The number of anilines is 1. The van der Waals surface area contributed by atoms with Crippen molar-refractivity contribution in [1.29, 1.82) is 0 Å². The fraction of sp³-hybridized carbons (Fsp3) is 0.0323. The van der Waals surface area contributed by atoms with Gasteiger partial charge in [-0.15, -0.1) is 0 Å². The minimum atomic E-state index is -4.39. The standard InChI is InChI=1S/C31H22F3NO/c1-20(36-30-15-5-4-14-29(30)35)25-16-17-26(28-13-3-2-12-27(25)28)23-10-6-8-21(18-23)22-9-7-11-24(19-22)31(32,33)34/h2-19H,1,35H2. The van der Waals surface area contributed by atoms with Crippen molar-refractivity contribution in [2.24, 2.45) is 0 Å².